The van der Waals surface area contributed by atoms with Crippen LogP contribution < -0.4 is 0 Å². The van der Waals surface area contributed by atoms with Crippen molar-refractivity contribution in [1.82, 2.24) is 0 Å². The van der Waals surface area contributed by atoms with E-state index in [1.54, 1.807) is 6.07 Å². The van der Waals surface area contributed by atoms with Gasteiger partial charge in [-0.05, 0) is 22.6 Å². The fourth-order valence-electron chi connectivity index (χ4n) is 2.30. The van der Waals surface area contributed by atoms with Crippen molar-refractivity contribution in [2.45, 2.75) is 12.8 Å². The summed E-state index contributed by atoms with van der Waals surface area (Å²) in [5.74, 6) is 0.551. The van der Waals surface area contributed by atoms with Crippen LogP contribution in [0.2, 0.25) is 0 Å². The third-order valence-electron chi connectivity index (χ3n) is 3.01. The molecule has 2 nitrogen and oxygen atoms in total. The second-order valence-corrected chi connectivity index (χ2v) is 3.97. The van der Waals surface area contributed by atoms with Gasteiger partial charge in [0.1, 0.15) is 11.5 Å². The monoisotopic (exact) mass is 198 g/mol. The van der Waals surface area contributed by atoms with Gasteiger partial charge in [0.15, 0.2) is 0 Å². The Labute approximate surface area is 87.2 Å². The second-order valence-electron chi connectivity index (χ2n) is 3.97. The van der Waals surface area contributed by atoms with E-state index in [-0.39, 0.29) is 11.5 Å². The lowest BCUT2D eigenvalue weighted by molar-refractivity contribution is -0.117. The fourth-order valence-corrected chi connectivity index (χ4v) is 2.30. The molecule has 0 atom stereocenters. The summed E-state index contributed by atoms with van der Waals surface area (Å²) in [5.41, 5.74) is 2.20. The van der Waals surface area contributed by atoms with Gasteiger partial charge in [-0.1, -0.05) is 24.3 Å². The van der Waals surface area contributed by atoms with Crippen molar-refractivity contribution in [3.8, 4) is 5.75 Å². The summed E-state index contributed by atoms with van der Waals surface area (Å²) in [4.78, 5) is 11.4. The summed E-state index contributed by atoms with van der Waals surface area (Å²) >= 11 is 0. The lowest BCUT2D eigenvalue weighted by Crippen LogP contribution is -1.92. The van der Waals surface area contributed by atoms with Crippen LogP contribution in [0.5, 0.6) is 5.75 Å². The van der Waals surface area contributed by atoms with E-state index in [4.69, 9.17) is 0 Å². The van der Waals surface area contributed by atoms with Crippen molar-refractivity contribution in [2.75, 3.05) is 0 Å². The maximum absolute atomic E-state index is 11.4. The third kappa shape index (κ3) is 1.14. The first-order valence-electron chi connectivity index (χ1n) is 5.00. The van der Waals surface area contributed by atoms with E-state index in [2.05, 4.69) is 0 Å². The molecule has 2 heteroatoms. The van der Waals surface area contributed by atoms with Gasteiger partial charge in [-0.3, -0.25) is 4.79 Å². The number of rotatable bonds is 0. The Bertz CT molecular complexity index is 570. The Morgan fingerprint density at radius 3 is 2.73 bits per heavy atom. The zero-order valence-corrected chi connectivity index (χ0v) is 8.16. The van der Waals surface area contributed by atoms with Crippen molar-refractivity contribution in [3.05, 3.63) is 41.5 Å². The minimum Gasteiger partial charge on any atom is -0.507 e. The number of fused-ring (bicyclic) bond motifs is 3. The highest BCUT2D eigenvalue weighted by Gasteiger charge is 2.20. The molecule has 0 fully saturated rings. The molecule has 2 aromatic rings. The van der Waals surface area contributed by atoms with Crippen LogP contribution in [-0.4, -0.2) is 10.9 Å². The van der Waals surface area contributed by atoms with Gasteiger partial charge in [0.25, 0.3) is 0 Å². The Morgan fingerprint density at radius 2 is 1.87 bits per heavy atom. The summed E-state index contributed by atoms with van der Waals surface area (Å²) in [7, 11) is 0. The number of hydrogen-bond donors (Lipinski definition) is 1. The number of benzene rings is 2. The molecule has 0 unspecified atom stereocenters. The van der Waals surface area contributed by atoms with Crippen molar-refractivity contribution < 1.29 is 9.90 Å². The highest BCUT2D eigenvalue weighted by Crippen LogP contribution is 2.32. The van der Waals surface area contributed by atoms with Crippen LogP contribution in [0.1, 0.15) is 11.1 Å². The van der Waals surface area contributed by atoms with E-state index in [9.17, 15) is 9.90 Å². The number of aromatic hydroxyl groups is 1. The number of Topliss-reactive ketones (excluding diaryl/α,β-unsaturated/α-hetero) is 1. The number of carbonyl (C=O) groups excluding carboxylic acids is 1. The normalized spacial score (nSPS) is 14.5. The maximum atomic E-state index is 11.4. The third-order valence-corrected chi connectivity index (χ3v) is 3.01. The quantitative estimate of drug-likeness (QED) is 0.704. The van der Waals surface area contributed by atoms with Crippen LogP contribution in [0.3, 0.4) is 0 Å². The first-order valence-corrected chi connectivity index (χ1v) is 5.00. The van der Waals surface area contributed by atoms with Crippen LogP contribution in [0.4, 0.5) is 0 Å². The Hall–Kier alpha value is -1.83. The molecule has 0 spiro atoms. The van der Waals surface area contributed by atoms with Crippen molar-refractivity contribution in [1.29, 1.82) is 0 Å². The fraction of sp³-hybridized carbons (Fsp3) is 0.154. The highest BCUT2D eigenvalue weighted by atomic mass is 16.3. The lowest BCUT2D eigenvalue weighted by Gasteiger charge is -2.05. The predicted octanol–water partition coefficient (Wildman–Crippen LogP) is 2.21. The summed E-state index contributed by atoms with van der Waals surface area (Å²) in [6.07, 6.45) is 1.05. The molecule has 0 saturated heterocycles. The van der Waals surface area contributed by atoms with Crippen molar-refractivity contribution in [3.63, 3.8) is 0 Å². The lowest BCUT2D eigenvalue weighted by atomic mass is 10.0. The van der Waals surface area contributed by atoms with Gasteiger partial charge in [-0.25, -0.2) is 0 Å². The molecule has 2 aromatic carbocycles. The van der Waals surface area contributed by atoms with Crippen LogP contribution >= 0.6 is 0 Å². The zero-order chi connectivity index (χ0) is 10.4. The molecular weight excluding hydrogens is 188 g/mol. The molecule has 74 valence electrons. The summed E-state index contributed by atoms with van der Waals surface area (Å²) in [6, 6.07) is 9.29. The summed E-state index contributed by atoms with van der Waals surface area (Å²) in [5, 5.41) is 11.5. The van der Waals surface area contributed by atoms with Crippen LogP contribution in [0.25, 0.3) is 10.8 Å². The number of ketones is 1. The van der Waals surface area contributed by atoms with Crippen LogP contribution in [-0.2, 0) is 17.6 Å². The molecule has 0 aromatic heterocycles. The van der Waals surface area contributed by atoms with Gasteiger partial charge in [0.05, 0.1) is 0 Å². The molecule has 0 amide bonds. The standard InChI is InChI=1S/C13H10O2/c14-9-6-8-4-5-11-10(12(8)7-9)2-1-3-13(11)15/h1-5,15H,6-7H2. The number of hydrogen-bond acceptors (Lipinski definition) is 2. The van der Waals surface area contributed by atoms with E-state index in [1.807, 2.05) is 24.3 Å². The van der Waals surface area contributed by atoms with E-state index in [0.29, 0.717) is 12.8 Å². The first-order chi connectivity index (χ1) is 7.25. The molecule has 0 saturated carbocycles. The largest absolute Gasteiger partial charge is 0.507 e. The van der Waals surface area contributed by atoms with Gasteiger partial charge < -0.3 is 5.11 Å². The minimum atomic E-state index is 0.265. The smallest absolute Gasteiger partial charge is 0.141 e. The molecule has 1 aliphatic rings. The van der Waals surface area contributed by atoms with E-state index in [0.717, 1.165) is 21.9 Å². The number of phenols is 1. The molecule has 0 bridgehead atoms. The summed E-state index contributed by atoms with van der Waals surface area (Å²) < 4.78 is 0. The number of carbonyl (C=O) groups is 1. The Morgan fingerprint density at radius 1 is 1.00 bits per heavy atom. The predicted molar refractivity (Wildman–Crippen MR) is 58.0 cm³/mol. The molecular formula is C13H10O2. The minimum absolute atomic E-state index is 0.265. The Kier molecular flexibility index (Phi) is 1.60. The topological polar surface area (TPSA) is 37.3 Å². The zero-order valence-electron chi connectivity index (χ0n) is 8.16. The molecule has 1 aliphatic carbocycles. The average molecular weight is 198 g/mol. The van der Waals surface area contributed by atoms with Crippen LogP contribution in [0.15, 0.2) is 30.3 Å². The van der Waals surface area contributed by atoms with Crippen LogP contribution in [0, 0.1) is 0 Å². The second kappa shape index (κ2) is 2.83. The SMILES string of the molecule is O=C1Cc2ccc3c(O)cccc3c2C1. The molecule has 1 N–H and O–H groups in total. The van der Waals surface area contributed by atoms with Gasteiger partial charge in [-0.2, -0.15) is 0 Å². The molecule has 15 heavy (non-hydrogen) atoms. The van der Waals surface area contributed by atoms with E-state index in [1.165, 1.54) is 0 Å². The molecule has 3 rings (SSSR count). The molecule has 0 radical (unpaired) electrons. The van der Waals surface area contributed by atoms with Gasteiger partial charge in [0.2, 0.25) is 0 Å². The highest BCUT2D eigenvalue weighted by molar-refractivity contribution is 5.99. The van der Waals surface area contributed by atoms with Gasteiger partial charge in [0, 0.05) is 18.2 Å². The van der Waals surface area contributed by atoms with Crippen molar-refractivity contribution >= 4 is 16.6 Å². The van der Waals surface area contributed by atoms with Gasteiger partial charge >= 0.3 is 0 Å². The molecule has 0 heterocycles. The number of phenolic OH excluding ortho intramolecular Hbond substituents is 1. The first kappa shape index (κ1) is 8.48. The summed E-state index contributed by atoms with van der Waals surface area (Å²) in [6.45, 7) is 0. The van der Waals surface area contributed by atoms with E-state index >= 15 is 0 Å². The van der Waals surface area contributed by atoms with Gasteiger partial charge in [-0.15, -0.1) is 0 Å². The van der Waals surface area contributed by atoms with E-state index < -0.39 is 0 Å². The Balaban J connectivity index is 2.40. The molecule has 0 aliphatic heterocycles. The van der Waals surface area contributed by atoms with Crippen molar-refractivity contribution in [2.24, 2.45) is 0 Å². The maximum Gasteiger partial charge on any atom is 0.141 e. The average Bonchev–Trinajstić information content (AvgIpc) is 2.59.